The van der Waals surface area contributed by atoms with Gasteiger partial charge in [0.2, 0.25) is 0 Å². The summed E-state index contributed by atoms with van der Waals surface area (Å²) in [5.74, 6) is -0.375. The van der Waals surface area contributed by atoms with Crippen LogP contribution in [0.1, 0.15) is 15.2 Å². The van der Waals surface area contributed by atoms with Gasteiger partial charge in [0.25, 0.3) is 5.91 Å². The number of fused-ring (bicyclic) bond motifs is 1. The predicted molar refractivity (Wildman–Crippen MR) is 104 cm³/mol. The molecule has 0 atom stereocenters. The van der Waals surface area contributed by atoms with E-state index in [0.717, 1.165) is 5.56 Å². The van der Waals surface area contributed by atoms with Gasteiger partial charge in [-0.2, -0.15) is 13.9 Å². The third-order valence-electron chi connectivity index (χ3n) is 4.17. The first-order chi connectivity index (χ1) is 14.0. The Kier molecular flexibility index (Phi) is 5.22. The number of carbonyl (C=O) groups excluding carboxylic acids is 1. The minimum atomic E-state index is -2.90. The lowest BCUT2D eigenvalue weighted by molar-refractivity contribution is -0.0498. The van der Waals surface area contributed by atoms with Gasteiger partial charge in [-0.05, 0) is 47.3 Å². The number of thiophene rings is 1. The minimum absolute atomic E-state index is 0.0454. The van der Waals surface area contributed by atoms with Crippen LogP contribution in [0.5, 0.6) is 5.75 Å². The van der Waals surface area contributed by atoms with Crippen LogP contribution in [-0.4, -0.2) is 22.3 Å². The molecule has 0 aliphatic heterocycles. The fourth-order valence-corrected chi connectivity index (χ4v) is 3.50. The van der Waals surface area contributed by atoms with Gasteiger partial charge >= 0.3 is 6.61 Å². The molecule has 2 aromatic heterocycles. The number of carbonyl (C=O) groups is 1. The summed E-state index contributed by atoms with van der Waals surface area (Å²) in [7, 11) is 0. The van der Waals surface area contributed by atoms with E-state index in [4.69, 9.17) is 0 Å². The molecule has 0 fully saturated rings. The van der Waals surface area contributed by atoms with Crippen LogP contribution in [0.3, 0.4) is 0 Å². The average molecular weight is 417 g/mol. The van der Waals surface area contributed by atoms with Gasteiger partial charge in [-0.1, -0.05) is 18.2 Å². The molecule has 0 bridgehead atoms. The van der Waals surface area contributed by atoms with Gasteiger partial charge in [0.15, 0.2) is 5.82 Å². The summed E-state index contributed by atoms with van der Waals surface area (Å²) in [6.07, 6.45) is 0. The number of hydrogen-bond acceptors (Lipinski definition) is 4. The molecule has 0 aliphatic rings. The van der Waals surface area contributed by atoms with Crippen molar-refractivity contribution in [2.75, 3.05) is 5.32 Å². The van der Waals surface area contributed by atoms with Crippen molar-refractivity contribution < 1.29 is 22.7 Å². The second kappa shape index (κ2) is 7.96. The van der Waals surface area contributed by atoms with E-state index >= 15 is 0 Å². The first-order valence-corrected chi connectivity index (χ1v) is 9.42. The Hall–Kier alpha value is -3.33. The van der Waals surface area contributed by atoms with E-state index in [0.29, 0.717) is 21.6 Å². The molecule has 4 aromatic rings. The molecule has 1 N–H and O–H groups in total. The Morgan fingerprint density at radius 3 is 2.66 bits per heavy atom. The monoisotopic (exact) mass is 417 g/mol. The molecule has 0 aliphatic carbocycles. The normalized spacial score (nSPS) is 11.2. The third kappa shape index (κ3) is 4.24. The van der Waals surface area contributed by atoms with E-state index < -0.39 is 12.4 Å². The maximum Gasteiger partial charge on any atom is 0.387 e. The maximum atomic E-state index is 13.8. The summed E-state index contributed by atoms with van der Waals surface area (Å²) in [5.41, 5.74) is 1.25. The number of amides is 1. The van der Waals surface area contributed by atoms with E-state index in [1.54, 1.807) is 40.4 Å². The second-order valence-electron chi connectivity index (χ2n) is 6.12. The van der Waals surface area contributed by atoms with Crippen molar-refractivity contribution >= 4 is 34.0 Å². The third-order valence-corrected chi connectivity index (χ3v) is 5.04. The van der Waals surface area contributed by atoms with E-state index in [2.05, 4.69) is 15.2 Å². The van der Waals surface area contributed by atoms with Gasteiger partial charge < -0.3 is 10.1 Å². The Labute approximate surface area is 167 Å². The van der Waals surface area contributed by atoms with Gasteiger partial charge in [0, 0.05) is 5.39 Å². The Morgan fingerprint density at radius 1 is 1.17 bits per heavy atom. The van der Waals surface area contributed by atoms with E-state index in [9.17, 15) is 18.0 Å². The zero-order chi connectivity index (χ0) is 20.4. The maximum absolute atomic E-state index is 13.8. The summed E-state index contributed by atoms with van der Waals surface area (Å²) in [6.45, 7) is -2.64. The Morgan fingerprint density at radius 2 is 1.97 bits per heavy atom. The number of halogens is 3. The van der Waals surface area contributed by atoms with Crippen molar-refractivity contribution in [2.24, 2.45) is 0 Å². The summed E-state index contributed by atoms with van der Waals surface area (Å²) < 4.78 is 44.3. The highest BCUT2D eigenvalue weighted by Crippen LogP contribution is 2.26. The number of nitrogens with one attached hydrogen (secondary N) is 1. The smallest absolute Gasteiger partial charge is 0.387 e. The Bertz CT molecular complexity index is 1140. The molecular formula is C20H14F3N3O2S. The average Bonchev–Trinajstić information content (AvgIpc) is 3.32. The first kappa shape index (κ1) is 19.0. The summed E-state index contributed by atoms with van der Waals surface area (Å²) >= 11 is 1.30. The van der Waals surface area contributed by atoms with Crippen LogP contribution in [-0.2, 0) is 6.54 Å². The van der Waals surface area contributed by atoms with Crippen molar-refractivity contribution in [1.29, 1.82) is 0 Å². The minimum Gasteiger partial charge on any atom is -0.435 e. The van der Waals surface area contributed by atoms with Crippen LogP contribution in [0.2, 0.25) is 0 Å². The molecule has 0 saturated carbocycles. The summed E-state index contributed by atoms with van der Waals surface area (Å²) in [6, 6.07) is 13.7. The molecule has 0 spiro atoms. The van der Waals surface area contributed by atoms with Crippen molar-refractivity contribution in [3.63, 3.8) is 0 Å². The molecule has 2 heterocycles. The molecule has 2 aromatic carbocycles. The van der Waals surface area contributed by atoms with E-state index in [-0.39, 0.29) is 18.2 Å². The molecule has 4 rings (SSSR count). The van der Waals surface area contributed by atoms with Crippen LogP contribution >= 0.6 is 11.3 Å². The van der Waals surface area contributed by atoms with Crippen LogP contribution in [0, 0.1) is 5.82 Å². The largest absolute Gasteiger partial charge is 0.435 e. The molecule has 0 saturated heterocycles. The number of rotatable bonds is 6. The van der Waals surface area contributed by atoms with Gasteiger partial charge in [-0.25, -0.2) is 4.39 Å². The zero-order valence-electron chi connectivity index (χ0n) is 14.8. The summed E-state index contributed by atoms with van der Waals surface area (Å²) in [5, 5.41) is 9.56. The molecule has 1 amide bonds. The van der Waals surface area contributed by atoms with Crippen molar-refractivity contribution in [2.45, 2.75) is 13.2 Å². The molecule has 0 unspecified atom stereocenters. The first-order valence-electron chi connectivity index (χ1n) is 8.54. The lowest BCUT2D eigenvalue weighted by Gasteiger charge is -2.07. The number of benzene rings is 2. The number of aromatic nitrogens is 2. The van der Waals surface area contributed by atoms with E-state index in [1.165, 1.54) is 35.6 Å². The number of ether oxygens (including phenoxy) is 1. The topological polar surface area (TPSA) is 56.2 Å². The fourth-order valence-electron chi connectivity index (χ4n) is 2.89. The highest BCUT2D eigenvalue weighted by molar-refractivity contribution is 7.12. The highest BCUT2D eigenvalue weighted by atomic mass is 32.1. The lowest BCUT2D eigenvalue weighted by Crippen LogP contribution is -2.11. The molecule has 5 nitrogen and oxygen atoms in total. The second-order valence-corrected chi connectivity index (χ2v) is 7.07. The van der Waals surface area contributed by atoms with Gasteiger partial charge in [0.1, 0.15) is 11.6 Å². The van der Waals surface area contributed by atoms with Crippen LogP contribution in [0.25, 0.3) is 10.9 Å². The number of anilines is 1. The van der Waals surface area contributed by atoms with Crippen molar-refractivity contribution in [1.82, 2.24) is 9.78 Å². The van der Waals surface area contributed by atoms with Crippen LogP contribution in [0.4, 0.5) is 19.0 Å². The van der Waals surface area contributed by atoms with Crippen molar-refractivity contribution in [3.8, 4) is 5.75 Å². The molecule has 148 valence electrons. The van der Waals surface area contributed by atoms with Gasteiger partial charge in [0.05, 0.1) is 16.9 Å². The summed E-state index contributed by atoms with van der Waals surface area (Å²) in [4.78, 5) is 12.9. The lowest BCUT2D eigenvalue weighted by atomic mass is 10.2. The number of nitrogens with zero attached hydrogens (tertiary/aromatic N) is 2. The predicted octanol–water partition coefficient (Wildman–Crippen LogP) is 5.14. The SMILES string of the molecule is O=C(Nc1nn(Cc2ccc(OC(F)F)cc2)c2cc(F)ccc12)c1cccs1. The quantitative estimate of drug-likeness (QED) is 0.473. The molecule has 29 heavy (non-hydrogen) atoms. The zero-order valence-corrected chi connectivity index (χ0v) is 15.6. The van der Waals surface area contributed by atoms with Crippen LogP contribution < -0.4 is 10.1 Å². The fraction of sp³-hybridized carbons (Fsp3) is 0.100. The molecule has 9 heteroatoms. The van der Waals surface area contributed by atoms with Crippen LogP contribution in [0.15, 0.2) is 60.0 Å². The standard InChI is InChI=1S/C20H14F3N3O2S/c21-13-5-8-15-16(10-13)26(11-12-3-6-14(7-4-12)28-20(22)23)25-18(15)24-19(27)17-2-1-9-29-17/h1-10,20H,11H2,(H,24,25,27). The highest BCUT2D eigenvalue weighted by Gasteiger charge is 2.16. The van der Waals surface area contributed by atoms with Gasteiger partial charge in [-0.15, -0.1) is 11.3 Å². The van der Waals surface area contributed by atoms with Gasteiger partial charge in [-0.3, -0.25) is 9.48 Å². The number of alkyl halides is 2. The molecule has 0 radical (unpaired) electrons. The number of hydrogen-bond donors (Lipinski definition) is 1. The van der Waals surface area contributed by atoms with E-state index in [1.807, 2.05) is 0 Å². The van der Waals surface area contributed by atoms with Crippen molar-refractivity contribution in [3.05, 3.63) is 76.2 Å². The molecular weight excluding hydrogens is 403 g/mol. The Balaban J connectivity index is 1.63.